The van der Waals surface area contributed by atoms with Crippen molar-refractivity contribution in [1.29, 1.82) is 0 Å². The number of imidazole rings is 1. The van der Waals surface area contributed by atoms with Gasteiger partial charge in [-0.05, 0) is 55.4 Å². The summed E-state index contributed by atoms with van der Waals surface area (Å²) in [5.41, 5.74) is 3.36. The van der Waals surface area contributed by atoms with Gasteiger partial charge in [-0.15, -0.1) is 0 Å². The summed E-state index contributed by atoms with van der Waals surface area (Å²) in [4.78, 5) is 7.96. The Kier molecular flexibility index (Phi) is 3.67. The minimum atomic E-state index is 0.499. The van der Waals surface area contributed by atoms with Crippen LogP contribution in [0.1, 0.15) is 51.1 Å². The van der Waals surface area contributed by atoms with Gasteiger partial charge in [0.15, 0.2) is 10.4 Å². The third-order valence-electron chi connectivity index (χ3n) is 4.79. The molecule has 2 aromatic heterocycles. The van der Waals surface area contributed by atoms with Crippen molar-refractivity contribution in [3.8, 4) is 0 Å². The Balaban J connectivity index is 2.15. The second kappa shape index (κ2) is 5.32. The first kappa shape index (κ1) is 13.8. The summed E-state index contributed by atoms with van der Waals surface area (Å²) < 4.78 is 3.13. The largest absolute Gasteiger partial charge is 0.329 e. The molecule has 3 nitrogen and oxygen atoms in total. The van der Waals surface area contributed by atoms with Crippen molar-refractivity contribution in [3.05, 3.63) is 22.6 Å². The van der Waals surface area contributed by atoms with E-state index in [-0.39, 0.29) is 0 Å². The van der Waals surface area contributed by atoms with Gasteiger partial charge < -0.3 is 4.98 Å². The van der Waals surface area contributed by atoms with Crippen LogP contribution in [-0.2, 0) is 0 Å². The zero-order valence-electron chi connectivity index (χ0n) is 12.5. The van der Waals surface area contributed by atoms with Gasteiger partial charge in [0.25, 0.3) is 0 Å². The molecule has 0 aliphatic heterocycles. The zero-order chi connectivity index (χ0) is 14.3. The van der Waals surface area contributed by atoms with Crippen LogP contribution in [0.25, 0.3) is 11.2 Å². The molecule has 3 rings (SSSR count). The van der Waals surface area contributed by atoms with Gasteiger partial charge in [0.1, 0.15) is 0 Å². The Labute approximate surface area is 125 Å². The van der Waals surface area contributed by atoms with E-state index in [1.807, 2.05) is 12.3 Å². The van der Waals surface area contributed by atoms with E-state index >= 15 is 0 Å². The van der Waals surface area contributed by atoms with Crippen molar-refractivity contribution in [1.82, 2.24) is 14.5 Å². The van der Waals surface area contributed by atoms with Crippen molar-refractivity contribution < 1.29 is 0 Å². The van der Waals surface area contributed by atoms with Gasteiger partial charge in [-0.3, -0.25) is 4.57 Å². The maximum absolute atomic E-state index is 5.60. The number of rotatable bonds is 2. The molecule has 0 saturated heterocycles. The minimum Gasteiger partial charge on any atom is -0.329 e. The second-order valence-electron chi connectivity index (χ2n) is 6.39. The third kappa shape index (κ3) is 2.20. The van der Waals surface area contributed by atoms with Crippen LogP contribution in [0.2, 0.25) is 0 Å². The Morgan fingerprint density at radius 3 is 2.85 bits per heavy atom. The molecule has 1 saturated carbocycles. The molecule has 2 unspecified atom stereocenters. The van der Waals surface area contributed by atoms with Crippen molar-refractivity contribution in [3.63, 3.8) is 0 Å². The number of aromatic nitrogens is 3. The van der Waals surface area contributed by atoms with Gasteiger partial charge in [0, 0.05) is 12.2 Å². The molecule has 20 heavy (non-hydrogen) atoms. The molecule has 4 heteroatoms. The van der Waals surface area contributed by atoms with Crippen LogP contribution >= 0.6 is 12.2 Å². The monoisotopic (exact) mass is 289 g/mol. The van der Waals surface area contributed by atoms with Crippen LogP contribution < -0.4 is 0 Å². The fraction of sp³-hybridized carbons (Fsp3) is 0.625. The van der Waals surface area contributed by atoms with Gasteiger partial charge in [-0.1, -0.05) is 26.7 Å². The fourth-order valence-electron chi connectivity index (χ4n) is 3.69. The molecule has 0 aromatic carbocycles. The van der Waals surface area contributed by atoms with Crippen molar-refractivity contribution >= 4 is 23.4 Å². The lowest BCUT2D eigenvalue weighted by atomic mass is 9.77. The van der Waals surface area contributed by atoms with Crippen molar-refractivity contribution in [2.24, 2.45) is 11.8 Å². The van der Waals surface area contributed by atoms with E-state index in [1.165, 1.54) is 31.2 Å². The number of nitrogens with zero attached hydrogens (tertiary/aromatic N) is 2. The highest BCUT2D eigenvalue weighted by molar-refractivity contribution is 7.71. The average Bonchev–Trinajstić information content (AvgIpc) is 2.76. The first-order chi connectivity index (χ1) is 9.59. The van der Waals surface area contributed by atoms with E-state index in [9.17, 15) is 0 Å². The summed E-state index contributed by atoms with van der Waals surface area (Å²) in [5.74, 6) is 1.40. The van der Waals surface area contributed by atoms with Crippen LogP contribution in [-0.4, -0.2) is 14.5 Å². The smallest absolute Gasteiger partial charge is 0.179 e. The Morgan fingerprint density at radius 1 is 1.35 bits per heavy atom. The molecule has 2 aromatic rings. The van der Waals surface area contributed by atoms with Gasteiger partial charge >= 0.3 is 0 Å². The summed E-state index contributed by atoms with van der Waals surface area (Å²) >= 11 is 5.60. The van der Waals surface area contributed by atoms with Gasteiger partial charge in [-0.2, -0.15) is 0 Å². The van der Waals surface area contributed by atoms with Gasteiger partial charge in [0.2, 0.25) is 0 Å². The van der Waals surface area contributed by atoms with E-state index in [1.54, 1.807) is 0 Å². The molecular formula is C16H23N3S. The number of aromatic amines is 1. The molecule has 0 spiro atoms. The van der Waals surface area contributed by atoms with Crippen LogP contribution in [0.4, 0.5) is 0 Å². The average molecular weight is 289 g/mol. The molecule has 1 fully saturated rings. The van der Waals surface area contributed by atoms with E-state index in [0.717, 1.165) is 15.9 Å². The van der Waals surface area contributed by atoms with E-state index in [2.05, 4.69) is 35.3 Å². The number of aryl methyl sites for hydroxylation is 1. The predicted molar refractivity (Wildman–Crippen MR) is 85.5 cm³/mol. The Bertz CT molecular complexity index is 668. The van der Waals surface area contributed by atoms with Crippen molar-refractivity contribution in [2.75, 3.05) is 0 Å². The predicted octanol–water partition coefficient (Wildman–Crippen LogP) is 4.79. The van der Waals surface area contributed by atoms with E-state index in [0.29, 0.717) is 17.9 Å². The Morgan fingerprint density at radius 2 is 2.10 bits per heavy atom. The minimum absolute atomic E-state index is 0.499. The number of hydrogen-bond acceptors (Lipinski definition) is 2. The lowest BCUT2D eigenvalue weighted by Crippen LogP contribution is -2.27. The molecule has 1 N–H and O–H groups in total. The number of fused-ring (bicyclic) bond motifs is 1. The maximum atomic E-state index is 5.60. The summed E-state index contributed by atoms with van der Waals surface area (Å²) in [7, 11) is 0. The molecular weight excluding hydrogens is 266 g/mol. The maximum Gasteiger partial charge on any atom is 0.179 e. The molecule has 0 bridgehead atoms. The molecule has 1 aliphatic carbocycles. The normalized spacial score (nSPS) is 23.6. The molecule has 0 radical (unpaired) electrons. The first-order valence-corrected chi connectivity index (χ1v) is 8.06. The van der Waals surface area contributed by atoms with Gasteiger partial charge in [0.05, 0.1) is 5.52 Å². The van der Waals surface area contributed by atoms with E-state index in [4.69, 9.17) is 12.2 Å². The van der Waals surface area contributed by atoms with Crippen LogP contribution in [0.3, 0.4) is 0 Å². The highest BCUT2D eigenvalue weighted by Crippen LogP contribution is 2.40. The standard InChI is InChI=1S/C16H23N3S/c1-10(2)12-6-4-5-7-13(12)19-15-14(18-16(19)20)11(3)8-9-17-15/h8-10,12-13H,4-7H2,1-3H3,(H,18,20). The van der Waals surface area contributed by atoms with Crippen LogP contribution in [0.15, 0.2) is 12.3 Å². The molecule has 0 amide bonds. The zero-order valence-corrected chi connectivity index (χ0v) is 13.3. The third-order valence-corrected chi connectivity index (χ3v) is 5.09. The summed E-state index contributed by atoms with van der Waals surface area (Å²) in [6.07, 6.45) is 7.07. The number of pyridine rings is 1. The summed E-state index contributed by atoms with van der Waals surface area (Å²) in [6, 6.07) is 2.54. The van der Waals surface area contributed by atoms with Crippen molar-refractivity contribution in [2.45, 2.75) is 52.5 Å². The Hall–Kier alpha value is -1.16. The number of hydrogen-bond donors (Lipinski definition) is 1. The van der Waals surface area contributed by atoms with Gasteiger partial charge in [-0.25, -0.2) is 4.98 Å². The quantitative estimate of drug-likeness (QED) is 0.806. The molecule has 2 atom stereocenters. The van der Waals surface area contributed by atoms with E-state index < -0.39 is 0 Å². The number of nitrogens with one attached hydrogen (secondary N) is 1. The topological polar surface area (TPSA) is 33.6 Å². The van der Waals surface area contributed by atoms with Crippen LogP contribution in [0, 0.1) is 23.5 Å². The second-order valence-corrected chi connectivity index (χ2v) is 6.77. The molecule has 108 valence electrons. The first-order valence-electron chi connectivity index (χ1n) is 7.65. The highest BCUT2D eigenvalue weighted by Gasteiger charge is 2.30. The lowest BCUT2D eigenvalue weighted by molar-refractivity contribution is 0.186. The highest BCUT2D eigenvalue weighted by atomic mass is 32.1. The SMILES string of the molecule is Cc1ccnc2c1[nH]c(=S)n2C1CCCCC1C(C)C. The summed E-state index contributed by atoms with van der Waals surface area (Å²) in [6.45, 7) is 6.78. The molecule has 1 aliphatic rings. The fourth-order valence-corrected chi connectivity index (χ4v) is 4.01. The van der Waals surface area contributed by atoms with Crippen LogP contribution in [0.5, 0.6) is 0 Å². The lowest BCUT2D eigenvalue weighted by Gasteiger charge is -2.35. The molecule has 2 heterocycles. The summed E-state index contributed by atoms with van der Waals surface area (Å²) in [5, 5.41) is 0. The number of H-pyrrole nitrogens is 1.